The Balaban J connectivity index is 1.69. The molecule has 0 atom stereocenters. The molecular weight excluding hydrogens is 246 g/mol. The predicted octanol–water partition coefficient (Wildman–Crippen LogP) is 3.80. The van der Waals surface area contributed by atoms with Gasteiger partial charge in [-0.3, -0.25) is 4.79 Å². The van der Waals surface area contributed by atoms with Crippen molar-refractivity contribution in [2.75, 3.05) is 0 Å². The predicted molar refractivity (Wildman–Crippen MR) is 81.5 cm³/mol. The van der Waals surface area contributed by atoms with Gasteiger partial charge in [0.05, 0.1) is 5.41 Å². The zero-order valence-electron chi connectivity index (χ0n) is 12.4. The average molecular weight is 271 g/mol. The molecule has 3 rings (SSSR count). The number of benzene rings is 1. The lowest BCUT2D eigenvalue weighted by molar-refractivity contribution is -0.131. The number of rotatable bonds is 3. The molecule has 2 heteroatoms. The summed E-state index contributed by atoms with van der Waals surface area (Å²) in [6.45, 7) is 2.31. The molecular formula is C18H25NO. The Morgan fingerprint density at radius 1 is 1.10 bits per heavy atom. The van der Waals surface area contributed by atoms with Crippen molar-refractivity contribution in [3.63, 3.8) is 0 Å². The topological polar surface area (TPSA) is 29.1 Å². The van der Waals surface area contributed by atoms with Crippen molar-refractivity contribution in [3.05, 3.63) is 35.9 Å². The van der Waals surface area contributed by atoms with E-state index in [-0.39, 0.29) is 11.3 Å². The first-order valence-corrected chi connectivity index (χ1v) is 8.07. The lowest BCUT2D eigenvalue weighted by Gasteiger charge is -2.42. The summed E-state index contributed by atoms with van der Waals surface area (Å²) in [7, 11) is 0. The van der Waals surface area contributed by atoms with Crippen LogP contribution in [0.1, 0.15) is 57.4 Å². The number of carbonyl (C=O) groups excluding carboxylic acids is 1. The quantitative estimate of drug-likeness (QED) is 0.890. The highest BCUT2D eigenvalue weighted by molar-refractivity contribution is 5.89. The summed E-state index contributed by atoms with van der Waals surface area (Å²) in [5.41, 5.74) is 0.970. The second kappa shape index (κ2) is 5.59. The van der Waals surface area contributed by atoms with E-state index >= 15 is 0 Å². The molecule has 20 heavy (non-hydrogen) atoms. The van der Waals surface area contributed by atoms with Gasteiger partial charge in [0.1, 0.15) is 0 Å². The van der Waals surface area contributed by atoms with Crippen LogP contribution in [0.2, 0.25) is 0 Å². The number of hydrogen-bond acceptors (Lipinski definition) is 1. The minimum atomic E-state index is -0.232. The highest BCUT2D eigenvalue weighted by atomic mass is 16.2. The summed E-state index contributed by atoms with van der Waals surface area (Å²) in [6.07, 6.45) is 7.99. The van der Waals surface area contributed by atoms with Crippen LogP contribution >= 0.6 is 0 Å². The van der Waals surface area contributed by atoms with E-state index in [1.54, 1.807) is 0 Å². The van der Waals surface area contributed by atoms with Crippen molar-refractivity contribution >= 4 is 5.91 Å². The van der Waals surface area contributed by atoms with Crippen LogP contribution in [0.15, 0.2) is 30.3 Å². The second-order valence-corrected chi connectivity index (χ2v) is 6.73. The fraction of sp³-hybridized carbons (Fsp3) is 0.611. The maximum absolute atomic E-state index is 12.8. The molecule has 0 spiro atoms. The summed E-state index contributed by atoms with van der Waals surface area (Å²) >= 11 is 0. The van der Waals surface area contributed by atoms with Gasteiger partial charge in [-0.2, -0.15) is 0 Å². The van der Waals surface area contributed by atoms with Crippen molar-refractivity contribution in [2.24, 2.45) is 5.92 Å². The van der Waals surface area contributed by atoms with E-state index < -0.39 is 0 Å². The minimum Gasteiger partial charge on any atom is -0.353 e. The van der Waals surface area contributed by atoms with Gasteiger partial charge in [-0.25, -0.2) is 0 Å². The van der Waals surface area contributed by atoms with E-state index in [0.29, 0.717) is 6.04 Å². The number of nitrogens with one attached hydrogen (secondary N) is 1. The highest BCUT2D eigenvalue weighted by Crippen LogP contribution is 2.44. The lowest BCUT2D eigenvalue weighted by atomic mass is 9.63. The standard InChI is InChI=1S/C18H25NO/c1-14-8-10-16(11-9-14)19-17(20)18(12-5-13-18)15-6-3-2-4-7-15/h2-4,6-7,14,16H,5,8-13H2,1H3,(H,19,20). The number of carbonyl (C=O) groups is 1. The fourth-order valence-electron chi connectivity index (χ4n) is 3.66. The number of hydrogen-bond donors (Lipinski definition) is 1. The molecule has 2 nitrogen and oxygen atoms in total. The molecule has 0 aromatic heterocycles. The monoisotopic (exact) mass is 271 g/mol. The third-order valence-electron chi connectivity index (χ3n) is 5.32. The van der Waals surface area contributed by atoms with E-state index in [1.165, 1.54) is 24.8 Å². The van der Waals surface area contributed by atoms with E-state index in [2.05, 4.69) is 24.4 Å². The molecule has 2 aliphatic carbocycles. The lowest BCUT2D eigenvalue weighted by Crippen LogP contribution is -2.52. The van der Waals surface area contributed by atoms with Gasteiger partial charge in [0.25, 0.3) is 0 Å². The Morgan fingerprint density at radius 2 is 1.75 bits per heavy atom. The van der Waals surface area contributed by atoms with E-state index in [9.17, 15) is 4.79 Å². The third kappa shape index (κ3) is 2.48. The van der Waals surface area contributed by atoms with Crippen molar-refractivity contribution in [1.29, 1.82) is 0 Å². The van der Waals surface area contributed by atoms with Crippen LogP contribution in [0, 0.1) is 5.92 Å². The summed E-state index contributed by atoms with van der Waals surface area (Å²) in [4.78, 5) is 12.8. The molecule has 1 aromatic carbocycles. The Kier molecular flexibility index (Phi) is 3.82. The van der Waals surface area contributed by atoms with E-state index in [0.717, 1.165) is 31.6 Å². The second-order valence-electron chi connectivity index (χ2n) is 6.73. The molecule has 0 heterocycles. The maximum Gasteiger partial charge on any atom is 0.230 e. The molecule has 1 aromatic rings. The van der Waals surface area contributed by atoms with Crippen LogP contribution in [0.25, 0.3) is 0 Å². The molecule has 0 saturated heterocycles. The summed E-state index contributed by atoms with van der Waals surface area (Å²) < 4.78 is 0. The van der Waals surface area contributed by atoms with Gasteiger partial charge < -0.3 is 5.32 Å². The van der Waals surface area contributed by atoms with Crippen LogP contribution in [0.5, 0.6) is 0 Å². The first-order chi connectivity index (χ1) is 9.71. The van der Waals surface area contributed by atoms with Crippen LogP contribution in [-0.4, -0.2) is 11.9 Å². The Hall–Kier alpha value is -1.31. The Morgan fingerprint density at radius 3 is 2.30 bits per heavy atom. The fourth-order valence-corrected chi connectivity index (χ4v) is 3.66. The molecule has 2 aliphatic rings. The highest BCUT2D eigenvalue weighted by Gasteiger charge is 2.46. The molecule has 2 saturated carbocycles. The molecule has 0 radical (unpaired) electrons. The summed E-state index contributed by atoms with van der Waals surface area (Å²) in [5, 5.41) is 3.34. The molecule has 1 N–H and O–H groups in total. The molecule has 1 amide bonds. The minimum absolute atomic E-state index is 0.232. The van der Waals surface area contributed by atoms with Crippen molar-refractivity contribution < 1.29 is 4.79 Å². The Labute approximate surface area is 122 Å². The van der Waals surface area contributed by atoms with Gasteiger partial charge in [0, 0.05) is 6.04 Å². The molecule has 0 bridgehead atoms. The molecule has 0 unspecified atom stereocenters. The van der Waals surface area contributed by atoms with Crippen LogP contribution in [0.3, 0.4) is 0 Å². The van der Waals surface area contributed by atoms with Crippen molar-refractivity contribution in [2.45, 2.75) is 63.3 Å². The van der Waals surface area contributed by atoms with Gasteiger partial charge >= 0.3 is 0 Å². The van der Waals surface area contributed by atoms with E-state index in [1.807, 2.05) is 18.2 Å². The van der Waals surface area contributed by atoms with Crippen molar-refractivity contribution in [3.8, 4) is 0 Å². The van der Waals surface area contributed by atoms with E-state index in [4.69, 9.17) is 0 Å². The van der Waals surface area contributed by atoms with Crippen LogP contribution in [0.4, 0.5) is 0 Å². The van der Waals surface area contributed by atoms with Crippen molar-refractivity contribution in [1.82, 2.24) is 5.32 Å². The zero-order valence-corrected chi connectivity index (χ0v) is 12.4. The van der Waals surface area contributed by atoms with Gasteiger partial charge in [-0.15, -0.1) is 0 Å². The zero-order chi connectivity index (χ0) is 14.0. The maximum atomic E-state index is 12.8. The summed E-state index contributed by atoms with van der Waals surface area (Å²) in [6, 6.07) is 10.7. The van der Waals surface area contributed by atoms with Gasteiger partial charge in [0.15, 0.2) is 0 Å². The molecule has 0 aliphatic heterocycles. The third-order valence-corrected chi connectivity index (χ3v) is 5.32. The first-order valence-electron chi connectivity index (χ1n) is 8.07. The van der Waals surface area contributed by atoms with Gasteiger partial charge in [0.2, 0.25) is 5.91 Å². The first kappa shape index (κ1) is 13.7. The average Bonchev–Trinajstić information content (AvgIpc) is 2.41. The molecule has 108 valence electrons. The Bertz CT molecular complexity index is 456. The smallest absolute Gasteiger partial charge is 0.230 e. The molecule has 2 fully saturated rings. The van der Waals surface area contributed by atoms with Gasteiger partial charge in [-0.05, 0) is 50.0 Å². The largest absolute Gasteiger partial charge is 0.353 e. The number of amides is 1. The van der Waals surface area contributed by atoms with Crippen LogP contribution < -0.4 is 5.32 Å². The SMILES string of the molecule is CC1CCC(NC(=O)C2(c3ccccc3)CCC2)CC1. The van der Waals surface area contributed by atoms with Crippen LogP contribution in [-0.2, 0) is 10.2 Å². The summed E-state index contributed by atoms with van der Waals surface area (Å²) in [5.74, 6) is 1.10. The van der Waals surface area contributed by atoms with Gasteiger partial charge in [-0.1, -0.05) is 43.7 Å². The normalized spacial score (nSPS) is 28.4.